The third-order valence-electron chi connectivity index (χ3n) is 4.44. The van der Waals surface area contributed by atoms with E-state index in [1.165, 1.54) is 6.07 Å². The summed E-state index contributed by atoms with van der Waals surface area (Å²) in [6, 6.07) is 22.1. The number of fused-ring (bicyclic) bond motifs is 1. The van der Waals surface area contributed by atoms with E-state index in [-0.39, 0.29) is 11.5 Å². The number of ketones is 1. The number of rotatable bonds is 5. The Balaban J connectivity index is 1.59. The van der Waals surface area contributed by atoms with Crippen molar-refractivity contribution in [1.82, 2.24) is 0 Å². The lowest BCUT2D eigenvalue weighted by atomic mass is 9.97. The average Bonchev–Trinajstić information content (AvgIpc) is 3.14. The molecule has 0 amide bonds. The van der Waals surface area contributed by atoms with Crippen molar-refractivity contribution >= 4 is 29.2 Å². The van der Waals surface area contributed by atoms with Gasteiger partial charge in [0.25, 0.3) is 0 Å². The lowest BCUT2D eigenvalue weighted by molar-refractivity contribution is 0.103. The summed E-state index contributed by atoms with van der Waals surface area (Å²) in [5.74, 6) is -0.134. The van der Waals surface area contributed by atoms with Crippen LogP contribution in [0.2, 0.25) is 0 Å². The summed E-state index contributed by atoms with van der Waals surface area (Å²) < 4.78 is 0. The highest BCUT2D eigenvalue weighted by Crippen LogP contribution is 2.29. The summed E-state index contributed by atoms with van der Waals surface area (Å²) in [6.45, 7) is 0. The first-order chi connectivity index (χ1) is 13.2. The van der Waals surface area contributed by atoms with Crippen molar-refractivity contribution in [3.8, 4) is 0 Å². The Morgan fingerprint density at radius 2 is 1.67 bits per heavy atom. The molecule has 27 heavy (non-hydrogen) atoms. The summed E-state index contributed by atoms with van der Waals surface area (Å²) in [7, 11) is 0. The van der Waals surface area contributed by atoms with Gasteiger partial charge >= 0.3 is 0 Å². The highest BCUT2D eigenvalue weighted by Gasteiger charge is 2.14. The van der Waals surface area contributed by atoms with Gasteiger partial charge in [0.05, 0.1) is 0 Å². The second-order valence-corrected chi connectivity index (χ2v) is 6.22. The van der Waals surface area contributed by atoms with E-state index in [0.717, 1.165) is 22.3 Å². The Morgan fingerprint density at radius 3 is 2.48 bits per heavy atom. The Bertz CT molecular complexity index is 1130. The van der Waals surface area contributed by atoms with Gasteiger partial charge in [0.2, 0.25) is 0 Å². The molecule has 3 heteroatoms. The topological polar surface area (TPSA) is 46.5 Å². The van der Waals surface area contributed by atoms with Crippen molar-refractivity contribution in [3.63, 3.8) is 0 Å². The molecule has 0 bridgehead atoms. The monoisotopic (exact) mass is 349 g/mol. The predicted molar refractivity (Wildman–Crippen MR) is 109 cm³/mol. The van der Waals surface area contributed by atoms with E-state index in [4.69, 9.17) is 0 Å². The Kier molecular flexibility index (Phi) is 4.44. The van der Waals surface area contributed by atoms with Crippen molar-refractivity contribution < 1.29 is 4.79 Å². The van der Waals surface area contributed by atoms with Gasteiger partial charge in [-0.2, -0.15) is 0 Å². The number of benzene rings is 3. The van der Waals surface area contributed by atoms with Gasteiger partial charge in [-0.1, -0.05) is 60.7 Å². The normalized spacial score (nSPS) is 12.1. The van der Waals surface area contributed by atoms with Gasteiger partial charge in [-0.05, 0) is 52.2 Å². The smallest absolute Gasteiger partial charge is 0.193 e. The molecule has 0 radical (unpaired) electrons. The number of hydrogen-bond acceptors (Lipinski definition) is 3. The van der Waals surface area contributed by atoms with Crippen LogP contribution in [0.4, 0.5) is 5.69 Å². The first-order valence-corrected chi connectivity index (χ1v) is 8.57. The molecule has 0 heterocycles. The minimum Gasteiger partial charge on any atom is -0.289 e. The lowest BCUT2D eigenvalue weighted by Crippen LogP contribution is -2.01. The Morgan fingerprint density at radius 1 is 0.852 bits per heavy atom. The van der Waals surface area contributed by atoms with Crippen molar-refractivity contribution in [2.75, 3.05) is 0 Å². The van der Waals surface area contributed by atoms with Gasteiger partial charge in [-0.25, -0.2) is 0 Å². The second kappa shape index (κ2) is 7.20. The molecule has 1 aliphatic carbocycles. The average molecular weight is 349 g/mol. The third kappa shape index (κ3) is 3.45. The van der Waals surface area contributed by atoms with Gasteiger partial charge in [-0.3, -0.25) is 4.79 Å². The van der Waals surface area contributed by atoms with Crippen LogP contribution in [0.15, 0.2) is 89.8 Å². The zero-order chi connectivity index (χ0) is 18.6. The maximum Gasteiger partial charge on any atom is 0.193 e. The number of hydrogen-bond donors (Lipinski definition) is 0. The van der Waals surface area contributed by atoms with E-state index in [2.05, 4.69) is 10.9 Å². The fourth-order valence-corrected chi connectivity index (χ4v) is 3.05. The molecule has 1 aliphatic rings. The molecular formula is C24H15NO2. The highest BCUT2D eigenvalue weighted by molar-refractivity contribution is 6.10. The van der Waals surface area contributed by atoms with Gasteiger partial charge in [0.15, 0.2) is 5.78 Å². The summed E-state index contributed by atoms with van der Waals surface area (Å²) in [4.78, 5) is 23.4. The van der Waals surface area contributed by atoms with Gasteiger partial charge in [0.1, 0.15) is 5.69 Å². The molecule has 3 nitrogen and oxygen atoms in total. The third-order valence-corrected chi connectivity index (χ3v) is 4.44. The lowest BCUT2D eigenvalue weighted by Gasteiger charge is -2.06. The molecule has 128 valence electrons. The van der Waals surface area contributed by atoms with Crippen LogP contribution in [0.3, 0.4) is 0 Å². The van der Waals surface area contributed by atoms with Crippen LogP contribution in [-0.2, 0) is 0 Å². The fourth-order valence-electron chi connectivity index (χ4n) is 3.05. The van der Waals surface area contributed by atoms with E-state index in [9.17, 15) is 9.70 Å². The molecule has 0 unspecified atom stereocenters. The number of carbonyl (C=O) groups excluding carboxylic acids is 1. The van der Waals surface area contributed by atoms with Crippen LogP contribution >= 0.6 is 0 Å². The second-order valence-electron chi connectivity index (χ2n) is 6.22. The number of allylic oxidation sites excluding steroid dienone is 2. The van der Waals surface area contributed by atoms with Crippen LogP contribution in [0.5, 0.6) is 0 Å². The first-order valence-electron chi connectivity index (χ1n) is 8.57. The summed E-state index contributed by atoms with van der Waals surface area (Å²) in [5.41, 5.74) is 8.63. The van der Waals surface area contributed by atoms with E-state index in [1.807, 2.05) is 60.7 Å². The predicted octanol–water partition coefficient (Wildman–Crippen LogP) is 6.04. The van der Waals surface area contributed by atoms with Crippen molar-refractivity contribution in [2.45, 2.75) is 0 Å². The minimum atomic E-state index is -0.134. The summed E-state index contributed by atoms with van der Waals surface area (Å²) in [5, 5.41) is 2.89. The SMILES string of the molecule is O=Nc1cccc(C(=O)c2ccc3c(c2)C=C=C3/C=C/c2ccccc2)c1. The number of nitrogens with zero attached hydrogens (tertiary/aromatic N) is 1. The Hall–Kier alpha value is -3.81. The van der Waals surface area contributed by atoms with Crippen LogP contribution in [-0.4, -0.2) is 5.78 Å². The molecule has 0 saturated heterocycles. The van der Waals surface area contributed by atoms with Crippen molar-refractivity contribution in [2.24, 2.45) is 5.18 Å². The molecule has 0 atom stereocenters. The van der Waals surface area contributed by atoms with Crippen LogP contribution in [0.1, 0.15) is 32.6 Å². The molecule has 4 rings (SSSR count). The molecule has 0 saturated carbocycles. The molecule has 0 N–H and O–H groups in total. The molecule has 0 aliphatic heterocycles. The van der Waals surface area contributed by atoms with Gasteiger partial charge < -0.3 is 0 Å². The van der Waals surface area contributed by atoms with Crippen molar-refractivity contribution in [3.05, 3.63) is 117 Å². The molecule has 0 aromatic heterocycles. The van der Waals surface area contributed by atoms with Gasteiger partial charge in [0, 0.05) is 16.7 Å². The van der Waals surface area contributed by atoms with Gasteiger partial charge in [-0.15, -0.1) is 10.6 Å². The standard InChI is InChI=1S/C24H15NO2/c26-24(20-7-4-8-22(16-20)25-27)21-13-14-23-18(11-12-19(23)15-21)10-9-17-5-2-1-3-6-17/h1-10,12-16H/b10-9+. The van der Waals surface area contributed by atoms with Crippen LogP contribution in [0.25, 0.3) is 17.7 Å². The fraction of sp³-hybridized carbons (Fsp3) is 0. The summed E-state index contributed by atoms with van der Waals surface area (Å²) >= 11 is 0. The zero-order valence-corrected chi connectivity index (χ0v) is 14.4. The van der Waals surface area contributed by atoms with Crippen molar-refractivity contribution in [1.29, 1.82) is 0 Å². The summed E-state index contributed by atoms with van der Waals surface area (Å²) in [6.07, 6.45) is 5.96. The molecule has 3 aromatic rings. The quantitative estimate of drug-likeness (QED) is 0.320. The highest BCUT2D eigenvalue weighted by atomic mass is 16.3. The zero-order valence-electron chi connectivity index (χ0n) is 14.4. The van der Waals surface area contributed by atoms with Crippen LogP contribution in [0, 0.1) is 4.91 Å². The largest absolute Gasteiger partial charge is 0.289 e. The van der Waals surface area contributed by atoms with E-state index in [0.29, 0.717) is 11.1 Å². The molecule has 0 spiro atoms. The number of nitroso groups, excluding NO2 is 1. The van der Waals surface area contributed by atoms with E-state index >= 15 is 0 Å². The first kappa shape index (κ1) is 16.6. The molecule has 3 aromatic carbocycles. The maximum atomic E-state index is 12.7. The molecular weight excluding hydrogens is 334 g/mol. The maximum absolute atomic E-state index is 12.7. The van der Waals surface area contributed by atoms with E-state index in [1.54, 1.807) is 24.3 Å². The Labute approximate surface area is 157 Å². The minimum absolute atomic E-state index is 0.134. The number of carbonyl (C=O) groups is 1. The van der Waals surface area contributed by atoms with E-state index < -0.39 is 0 Å². The van der Waals surface area contributed by atoms with Crippen LogP contribution < -0.4 is 0 Å². The molecule has 0 fully saturated rings.